The molecule has 2 atom stereocenters. The van der Waals surface area contributed by atoms with E-state index < -0.39 is 0 Å². The summed E-state index contributed by atoms with van der Waals surface area (Å²) in [6, 6.07) is 0. The summed E-state index contributed by atoms with van der Waals surface area (Å²) in [6.45, 7) is 4.24. The number of hydrogen-bond donors (Lipinski definition) is 0. The predicted molar refractivity (Wildman–Crippen MR) is 53.0 cm³/mol. The molecule has 0 saturated heterocycles. The van der Waals surface area contributed by atoms with Gasteiger partial charge in [-0.25, -0.2) is 4.39 Å². The van der Waals surface area contributed by atoms with Gasteiger partial charge in [-0.2, -0.15) is 0 Å². The minimum absolute atomic E-state index is 0.132. The molecule has 0 aromatic carbocycles. The first-order valence-corrected chi connectivity index (χ1v) is 5.26. The summed E-state index contributed by atoms with van der Waals surface area (Å²) in [5.74, 6) is 1.05. The molecule has 2 rings (SSSR count). The molecule has 1 fully saturated rings. The molecule has 0 bridgehead atoms. The van der Waals surface area contributed by atoms with Gasteiger partial charge >= 0.3 is 0 Å². The molecule has 1 saturated carbocycles. The zero-order chi connectivity index (χ0) is 9.42. The van der Waals surface area contributed by atoms with Crippen molar-refractivity contribution in [1.29, 1.82) is 0 Å². The normalized spacial score (nSPS) is 34.2. The van der Waals surface area contributed by atoms with Crippen molar-refractivity contribution in [2.75, 3.05) is 0 Å². The third-order valence-electron chi connectivity index (χ3n) is 3.28. The third kappa shape index (κ3) is 1.56. The lowest BCUT2D eigenvalue weighted by Gasteiger charge is -2.29. The Morgan fingerprint density at radius 2 is 2.15 bits per heavy atom. The van der Waals surface area contributed by atoms with Crippen LogP contribution in [0, 0.1) is 11.8 Å². The van der Waals surface area contributed by atoms with E-state index in [0.717, 1.165) is 37.2 Å². The highest BCUT2D eigenvalue weighted by Gasteiger charge is 2.26. The quantitative estimate of drug-likeness (QED) is 0.528. The minimum Gasteiger partial charge on any atom is -0.211 e. The van der Waals surface area contributed by atoms with Gasteiger partial charge in [-0.05, 0) is 42.7 Å². The van der Waals surface area contributed by atoms with E-state index in [1.807, 2.05) is 6.92 Å². The van der Waals surface area contributed by atoms with Crippen LogP contribution in [0.2, 0.25) is 0 Å². The van der Waals surface area contributed by atoms with E-state index in [1.54, 1.807) is 0 Å². The molecule has 0 aromatic rings. The summed E-state index contributed by atoms with van der Waals surface area (Å²) in [5.41, 5.74) is 2.34. The molecule has 13 heavy (non-hydrogen) atoms. The van der Waals surface area contributed by atoms with Gasteiger partial charge in [0.15, 0.2) is 0 Å². The van der Waals surface area contributed by atoms with Crippen LogP contribution < -0.4 is 0 Å². The maximum Gasteiger partial charge on any atom is 0.106 e. The van der Waals surface area contributed by atoms with E-state index in [-0.39, 0.29) is 11.7 Å². The third-order valence-corrected chi connectivity index (χ3v) is 3.28. The van der Waals surface area contributed by atoms with Crippen molar-refractivity contribution in [3.8, 4) is 0 Å². The highest BCUT2D eigenvalue weighted by Crippen LogP contribution is 2.40. The first-order valence-electron chi connectivity index (χ1n) is 5.26. The molecule has 0 radical (unpaired) electrons. The Labute approximate surface area is 79.5 Å². The monoisotopic (exact) mass is 180 g/mol. The van der Waals surface area contributed by atoms with Gasteiger partial charge in [0.25, 0.3) is 0 Å². The van der Waals surface area contributed by atoms with E-state index in [9.17, 15) is 4.39 Å². The van der Waals surface area contributed by atoms with E-state index in [0.29, 0.717) is 0 Å². The molecule has 2 aliphatic carbocycles. The van der Waals surface area contributed by atoms with E-state index in [4.69, 9.17) is 0 Å². The van der Waals surface area contributed by atoms with Crippen molar-refractivity contribution < 1.29 is 4.39 Å². The van der Waals surface area contributed by atoms with E-state index >= 15 is 0 Å². The fourth-order valence-corrected chi connectivity index (χ4v) is 2.35. The molecule has 2 aliphatic rings. The second-order valence-corrected chi connectivity index (χ2v) is 4.54. The summed E-state index contributed by atoms with van der Waals surface area (Å²) >= 11 is 0. The zero-order valence-corrected chi connectivity index (χ0v) is 8.44. The Bertz CT molecular complexity index is 273. The molecule has 0 aliphatic heterocycles. The fourth-order valence-electron chi connectivity index (χ4n) is 2.35. The summed E-state index contributed by atoms with van der Waals surface area (Å²) in [5, 5.41) is 0. The summed E-state index contributed by atoms with van der Waals surface area (Å²) in [6.07, 6.45) is 6.36. The zero-order valence-electron chi connectivity index (χ0n) is 8.44. The summed E-state index contributed by atoms with van der Waals surface area (Å²) < 4.78 is 13.7. The minimum atomic E-state index is 0.132. The average molecular weight is 180 g/mol. The molecule has 0 heterocycles. The first-order chi connectivity index (χ1) is 6.18. The molecule has 2 unspecified atom stereocenters. The fraction of sp³-hybridized carbons (Fsp3) is 0.667. The average Bonchev–Trinajstić information content (AvgIpc) is 2.12. The molecule has 0 spiro atoms. The second kappa shape index (κ2) is 3.28. The number of allylic oxidation sites excluding steroid dienone is 4. The number of hydrogen-bond acceptors (Lipinski definition) is 0. The van der Waals surface area contributed by atoms with Crippen LogP contribution in [0.3, 0.4) is 0 Å². The standard InChI is InChI=1S/C12H17F/c1-8-3-6-11-10(7-8)5-4-9(2)12(11)13/h5,8-9H,3-4,6-7H2,1-2H3. The van der Waals surface area contributed by atoms with Crippen LogP contribution in [0.25, 0.3) is 0 Å². The molecule has 0 N–H and O–H groups in total. The van der Waals surface area contributed by atoms with Crippen LogP contribution in [0.4, 0.5) is 4.39 Å². The van der Waals surface area contributed by atoms with Gasteiger partial charge in [0, 0.05) is 5.92 Å². The molecule has 0 aromatic heterocycles. The Balaban J connectivity index is 2.27. The maximum absolute atomic E-state index is 13.7. The Morgan fingerprint density at radius 1 is 1.38 bits per heavy atom. The van der Waals surface area contributed by atoms with Gasteiger partial charge in [-0.15, -0.1) is 0 Å². The van der Waals surface area contributed by atoms with Gasteiger partial charge in [-0.3, -0.25) is 0 Å². The number of halogens is 1. The molecule has 0 amide bonds. The molecule has 72 valence electrons. The van der Waals surface area contributed by atoms with Gasteiger partial charge in [0.05, 0.1) is 0 Å². The molecule has 0 nitrogen and oxygen atoms in total. The number of rotatable bonds is 0. The lowest BCUT2D eigenvalue weighted by molar-refractivity contribution is 0.432. The first kappa shape index (κ1) is 8.98. The second-order valence-electron chi connectivity index (χ2n) is 4.54. The largest absolute Gasteiger partial charge is 0.211 e. The highest BCUT2D eigenvalue weighted by atomic mass is 19.1. The smallest absolute Gasteiger partial charge is 0.106 e. The summed E-state index contributed by atoms with van der Waals surface area (Å²) in [4.78, 5) is 0. The topological polar surface area (TPSA) is 0 Å². The Hall–Kier alpha value is -0.590. The van der Waals surface area contributed by atoms with Gasteiger partial charge < -0.3 is 0 Å². The predicted octanol–water partition coefficient (Wildman–Crippen LogP) is 4.00. The molecular formula is C12H17F. The van der Waals surface area contributed by atoms with Crippen LogP contribution >= 0.6 is 0 Å². The van der Waals surface area contributed by atoms with Crippen molar-refractivity contribution in [2.24, 2.45) is 11.8 Å². The van der Waals surface area contributed by atoms with E-state index in [2.05, 4.69) is 13.0 Å². The highest BCUT2D eigenvalue weighted by molar-refractivity contribution is 5.39. The van der Waals surface area contributed by atoms with Crippen LogP contribution in [-0.4, -0.2) is 0 Å². The molecule has 1 heteroatoms. The summed E-state index contributed by atoms with van der Waals surface area (Å²) in [7, 11) is 0. The van der Waals surface area contributed by atoms with Crippen LogP contribution in [-0.2, 0) is 0 Å². The lowest BCUT2D eigenvalue weighted by atomic mass is 9.77. The lowest BCUT2D eigenvalue weighted by Crippen LogP contribution is -2.14. The maximum atomic E-state index is 13.7. The van der Waals surface area contributed by atoms with Crippen molar-refractivity contribution in [3.05, 3.63) is 23.0 Å². The van der Waals surface area contributed by atoms with Crippen LogP contribution in [0.15, 0.2) is 23.0 Å². The van der Waals surface area contributed by atoms with Gasteiger partial charge in [0.1, 0.15) is 5.83 Å². The van der Waals surface area contributed by atoms with Crippen molar-refractivity contribution >= 4 is 0 Å². The van der Waals surface area contributed by atoms with Crippen molar-refractivity contribution in [3.63, 3.8) is 0 Å². The van der Waals surface area contributed by atoms with Gasteiger partial charge in [0.2, 0.25) is 0 Å². The van der Waals surface area contributed by atoms with Crippen LogP contribution in [0.5, 0.6) is 0 Å². The van der Waals surface area contributed by atoms with Gasteiger partial charge in [-0.1, -0.05) is 19.9 Å². The SMILES string of the molecule is CC1CCC2=C(F)C(C)CC=C2C1. The van der Waals surface area contributed by atoms with Crippen molar-refractivity contribution in [2.45, 2.75) is 39.5 Å². The Kier molecular flexibility index (Phi) is 2.27. The van der Waals surface area contributed by atoms with Crippen LogP contribution in [0.1, 0.15) is 39.5 Å². The van der Waals surface area contributed by atoms with Crippen molar-refractivity contribution in [1.82, 2.24) is 0 Å². The number of fused-ring (bicyclic) bond motifs is 1. The Morgan fingerprint density at radius 3 is 2.92 bits per heavy atom. The molecular weight excluding hydrogens is 163 g/mol. The van der Waals surface area contributed by atoms with E-state index in [1.165, 1.54) is 5.57 Å².